The molecule has 1 saturated heterocycles. The minimum Gasteiger partial charge on any atom is -0.395 e. The molecule has 2 aliphatic rings. The number of rotatable bonds is 5. The zero-order chi connectivity index (χ0) is 25.6. The monoisotopic (exact) mass is 502 g/mol. The van der Waals surface area contributed by atoms with E-state index in [1.165, 1.54) is 6.07 Å². The predicted molar refractivity (Wildman–Crippen MR) is 136 cm³/mol. The smallest absolute Gasteiger partial charge is 0.395 e. The van der Waals surface area contributed by atoms with Gasteiger partial charge in [0, 0.05) is 72.8 Å². The normalized spacial score (nSPS) is 16.8. The maximum atomic E-state index is 13.7. The third kappa shape index (κ3) is 4.31. The van der Waals surface area contributed by atoms with Crippen molar-refractivity contribution in [3.63, 3.8) is 0 Å². The van der Waals surface area contributed by atoms with E-state index in [-0.39, 0.29) is 17.4 Å². The predicted octanol–water partition coefficient (Wildman–Crippen LogP) is 5.16. The van der Waals surface area contributed by atoms with Crippen molar-refractivity contribution >= 4 is 16.9 Å². The molecule has 4 aromatic rings. The van der Waals surface area contributed by atoms with E-state index in [2.05, 4.69) is 26.2 Å². The van der Waals surface area contributed by atoms with Gasteiger partial charge >= 0.3 is 6.29 Å². The van der Waals surface area contributed by atoms with Crippen LogP contribution in [-0.4, -0.2) is 64.7 Å². The van der Waals surface area contributed by atoms with Crippen LogP contribution in [0.3, 0.4) is 0 Å². The lowest BCUT2D eigenvalue weighted by Crippen LogP contribution is -2.48. The average Bonchev–Trinajstić information content (AvgIpc) is 3.47. The number of alkyl halides is 2. The molecule has 0 radical (unpaired) electrons. The van der Waals surface area contributed by atoms with E-state index in [1.807, 2.05) is 41.3 Å². The molecule has 2 aliphatic heterocycles. The van der Waals surface area contributed by atoms with Gasteiger partial charge in [-0.3, -0.25) is 9.69 Å². The molecular formula is C28H24F2N4O3. The Morgan fingerprint density at radius 1 is 1.05 bits per heavy atom. The summed E-state index contributed by atoms with van der Waals surface area (Å²) < 4.78 is 36.9. The van der Waals surface area contributed by atoms with Crippen LogP contribution >= 0.6 is 0 Å². The van der Waals surface area contributed by atoms with Crippen molar-refractivity contribution in [3.8, 4) is 33.8 Å². The number of piperazine rings is 1. The third-order valence-electron chi connectivity index (χ3n) is 6.74. The van der Waals surface area contributed by atoms with Gasteiger partial charge in [0.05, 0.1) is 0 Å². The van der Waals surface area contributed by atoms with Gasteiger partial charge in [-0.25, -0.2) is 4.98 Å². The highest BCUT2D eigenvalue weighted by Gasteiger charge is 2.44. The van der Waals surface area contributed by atoms with Crippen LogP contribution in [0.5, 0.6) is 11.5 Å². The SMILES string of the molecule is C=CCN1CCN(C(=O)c2cccc(-c3cnc4[nH]cc(-c5cccc6c5OC(F)(F)O6)c4c3)c2)CC1. The highest BCUT2D eigenvalue weighted by molar-refractivity contribution is 5.99. The Hall–Kier alpha value is -4.24. The Bertz CT molecular complexity index is 1510. The molecule has 0 bridgehead atoms. The van der Waals surface area contributed by atoms with Crippen LogP contribution in [0.4, 0.5) is 8.78 Å². The Morgan fingerprint density at radius 2 is 1.86 bits per heavy atom. The van der Waals surface area contributed by atoms with E-state index in [4.69, 9.17) is 4.74 Å². The number of fused-ring (bicyclic) bond motifs is 2. The number of nitrogens with zero attached hydrogens (tertiary/aromatic N) is 3. The van der Waals surface area contributed by atoms with Gasteiger partial charge in [0.25, 0.3) is 5.91 Å². The van der Waals surface area contributed by atoms with E-state index >= 15 is 0 Å². The number of nitrogens with one attached hydrogen (secondary N) is 1. The van der Waals surface area contributed by atoms with E-state index in [9.17, 15) is 13.6 Å². The molecule has 6 rings (SSSR count). The van der Waals surface area contributed by atoms with Crippen molar-refractivity contribution < 1.29 is 23.0 Å². The zero-order valence-electron chi connectivity index (χ0n) is 19.9. The van der Waals surface area contributed by atoms with Crippen LogP contribution in [0, 0.1) is 0 Å². The highest BCUT2D eigenvalue weighted by atomic mass is 19.3. The Balaban J connectivity index is 1.31. The van der Waals surface area contributed by atoms with Crippen LogP contribution in [0.15, 0.2) is 73.6 Å². The summed E-state index contributed by atoms with van der Waals surface area (Å²) >= 11 is 0. The lowest BCUT2D eigenvalue weighted by molar-refractivity contribution is -0.286. The lowest BCUT2D eigenvalue weighted by atomic mass is 10.00. The quantitative estimate of drug-likeness (QED) is 0.382. The fraction of sp³-hybridized carbons (Fsp3) is 0.214. The van der Waals surface area contributed by atoms with Crippen molar-refractivity contribution in [1.29, 1.82) is 0 Å². The number of halogens is 2. The van der Waals surface area contributed by atoms with Gasteiger partial charge in [-0.15, -0.1) is 15.4 Å². The summed E-state index contributed by atoms with van der Waals surface area (Å²) in [7, 11) is 0. The first-order chi connectivity index (χ1) is 17.9. The molecule has 0 unspecified atom stereocenters. The Kier molecular flexibility index (Phi) is 5.64. The summed E-state index contributed by atoms with van der Waals surface area (Å²) in [6.45, 7) is 7.58. The number of aromatic amines is 1. The number of carbonyl (C=O) groups excluding carboxylic acids is 1. The highest BCUT2D eigenvalue weighted by Crippen LogP contribution is 2.48. The van der Waals surface area contributed by atoms with Gasteiger partial charge in [-0.2, -0.15) is 0 Å². The van der Waals surface area contributed by atoms with E-state index in [1.54, 1.807) is 24.5 Å². The number of pyridine rings is 1. The molecule has 1 fully saturated rings. The van der Waals surface area contributed by atoms with Gasteiger partial charge in [0.15, 0.2) is 11.5 Å². The summed E-state index contributed by atoms with van der Waals surface area (Å²) in [5.41, 5.74) is 3.98. The maximum Gasteiger partial charge on any atom is 0.586 e. The molecule has 9 heteroatoms. The van der Waals surface area contributed by atoms with Crippen molar-refractivity contribution in [2.75, 3.05) is 32.7 Å². The molecule has 7 nitrogen and oxygen atoms in total. The van der Waals surface area contributed by atoms with Crippen molar-refractivity contribution in [2.24, 2.45) is 0 Å². The molecule has 2 aromatic carbocycles. The number of hydrogen-bond donors (Lipinski definition) is 1. The number of hydrogen-bond acceptors (Lipinski definition) is 5. The summed E-state index contributed by atoms with van der Waals surface area (Å²) in [6.07, 6.45) is 1.61. The Labute approximate surface area is 211 Å². The standard InChI is InChI=1S/C28H24F2N4O3/c1-2-9-33-10-12-34(13-11-33)27(35)19-6-3-5-18(14-19)20-15-22-23(17-32-26(22)31-16-20)21-7-4-8-24-25(21)37-28(29,30)36-24/h2-8,14-17H,1,9-13H2,(H,31,32). The largest absolute Gasteiger partial charge is 0.586 e. The van der Waals surface area contributed by atoms with E-state index in [0.29, 0.717) is 35.4 Å². The fourth-order valence-electron chi connectivity index (χ4n) is 4.90. The Morgan fingerprint density at radius 3 is 2.68 bits per heavy atom. The van der Waals surface area contributed by atoms with Crippen LogP contribution in [0.25, 0.3) is 33.3 Å². The third-order valence-corrected chi connectivity index (χ3v) is 6.74. The van der Waals surface area contributed by atoms with E-state index < -0.39 is 6.29 Å². The molecule has 2 aromatic heterocycles. The minimum atomic E-state index is -3.71. The average molecular weight is 503 g/mol. The van der Waals surface area contributed by atoms with Crippen LogP contribution in [0.2, 0.25) is 0 Å². The van der Waals surface area contributed by atoms with Gasteiger partial charge in [-0.05, 0) is 29.8 Å². The summed E-state index contributed by atoms with van der Waals surface area (Å²) in [5.74, 6) is -0.0357. The number of benzene rings is 2. The van der Waals surface area contributed by atoms with Crippen molar-refractivity contribution in [3.05, 3.63) is 79.1 Å². The molecule has 1 amide bonds. The molecule has 0 atom stereocenters. The molecule has 1 N–H and O–H groups in total. The second-order valence-electron chi connectivity index (χ2n) is 9.09. The number of amides is 1. The summed E-state index contributed by atoms with van der Waals surface area (Å²) in [6, 6.07) is 14.2. The minimum absolute atomic E-state index is 0.00519. The van der Waals surface area contributed by atoms with Crippen LogP contribution < -0.4 is 9.47 Å². The van der Waals surface area contributed by atoms with Gasteiger partial charge in [-0.1, -0.05) is 30.3 Å². The first kappa shape index (κ1) is 23.2. The van der Waals surface area contributed by atoms with Crippen LogP contribution in [-0.2, 0) is 0 Å². The molecule has 4 heterocycles. The first-order valence-electron chi connectivity index (χ1n) is 12.0. The molecule has 188 valence electrons. The molecular weight excluding hydrogens is 478 g/mol. The number of ether oxygens (including phenoxy) is 2. The van der Waals surface area contributed by atoms with Gasteiger partial charge in [0.2, 0.25) is 0 Å². The number of para-hydroxylation sites is 1. The molecule has 0 saturated carbocycles. The van der Waals surface area contributed by atoms with Crippen molar-refractivity contribution in [2.45, 2.75) is 6.29 Å². The van der Waals surface area contributed by atoms with E-state index in [0.717, 1.165) is 36.1 Å². The van der Waals surface area contributed by atoms with Crippen LogP contribution in [0.1, 0.15) is 10.4 Å². The second kappa shape index (κ2) is 9.01. The number of H-pyrrole nitrogens is 1. The zero-order valence-corrected chi connectivity index (χ0v) is 19.9. The maximum absolute atomic E-state index is 13.7. The number of aromatic nitrogens is 2. The lowest BCUT2D eigenvalue weighted by Gasteiger charge is -2.34. The molecule has 37 heavy (non-hydrogen) atoms. The van der Waals surface area contributed by atoms with Crippen molar-refractivity contribution in [1.82, 2.24) is 19.8 Å². The fourth-order valence-corrected chi connectivity index (χ4v) is 4.90. The van der Waals surface area contributed by atoms with Gasteiger partial charge < -0.3 is 19.4 Å². The van der Waals surface area contributed by atoms with Gasteiger partial charge in [0.1, 0.15) is 5.65 Å². The topological polar surface area (TPSA) is 70.7 Å². The number of carbonyl (C=O) groups is 1. The first-order valence-corrected chi connectivity index (χ1v) is 12.0. The second-order valence-corrected chi connectivity index (χ2v) is 9.09. The summed E-state index contributed by atoms with van der Waals surface area (Å²) in [4.78, 5) is 25.0. The summed E-state index contributed by atoms with van der Waals surface area (Å²) in [5, 5.41) is 0.736. The molecule has 0 spiro atoms. The molecule has 0 aliphatic carbocycles.